The van der Waals surface area contributed by atoms with E-state index in [9.17, 15) is 55.1 Å². The highest BCUT2D eigenvalue weighted by Crippen LogP contribution is 2.40. The third-order valence-electron chi connectivity index (χ3n) is 21.7. The van der Waals surface area contributed by atoms with E-state index in [-0.39, 0.29) is 63.8 Å². The molecule has 12 amide bonds. The van der Waals surface area contributed by atoms with Crippen LogP contribution in [-0.2, 0) is 87.5 Å². The number of ether oxygens (including phenoxy) is 1. The Hall–Kier alpha value is -8.78. The summed E-state index contributed by atoms with van der Waals surface area (Å²) in [6.07, 6.45) is -8.85. The Balaban J connectivity index is 1.35. The monoisotopic (exact) mass is 1520 g/mol. The number of nitrogens with one attached hydrogen (secondary N) is 3. The fourth-order valence-electron chi connectivity index (χ4n) is 15.0. The first-order valence-electron chi connectivity index (χ1n) is 36.4. The summed E-state index contributed by atoms with van der Waals surface area (Å²) in [4.78, 5) is 190. The van der Waals surface area contributed by atoms with Crippen molar-refractivity contribution in [1.82, 2.24) is 60.0 Å². The van der Waals surface area contributed by atoms with Crippen molar-refractivity contribution in [2.45, 2.75) is 210 Å². The maximum atomic E-state index is 15.5. The molecule has 3 heterocycles. The lowest BCUT2D eigenvalue weighted by molar-refractivity contribution is -0.157. The van der Waals surface area contributed by atoms with Crippen LogP contribution in [0.2, 0.25) is 0 Å². The molecule has 2 aliphatic carbocycles. The molecule has 2 saturated heterocycles. The van der Waals surface area contributed by atoms with E-state index in [0.29, 0.717) is 56.2 Å². The zero-order valence-corrected chi connectivity index (χ0v) is 63.1. The van der Waals surface area contributed by atoms with Gasteiger partial charge in [-0.3, -0.25) is 57.5 Å². The Morgan fingerprint density at radius 2 is 1.28 bits per heavy atom. The molecule has 0 unspecified atom stereocenters. The summed E-state index contributed by atoms with van der Waals surface area (Å²) in [5.41, 5.74) is -4.72. The summed E-state index contributed by atoms with van der Waals surface area (Å²) < 4.78 is 120. The average Bonchev–Trinajstić information content (AvgIpc) is 1.50. The summed E-state index contributed by atoms with van der Waals surface area (Å²) in [5, 5.41) is 8.21. The highest BCUT2D eigenvalue weighted by molar-refractivity contribution is 6.01. The number of hydrogen-bond acceptors (Lipinski definition) is 13. The van der Waals surface area contributed by atoms with Crippen molar-refractivity contribution in [2.75, 3.05) is 89.2 Å². The Morgan fingerprint density at radius 1 is 0.664 bits per heavy atom. The van der Waals surface area contributed by atoms with Crippen molar-refractivity contribution in [2.24, 2.45) is 11.8 Å². The van der Waals surface area contributed by atoms with Crippen molar-refractivity contribution in [3.8, 4) is 0 Å². The normalized spacial score (nSPS) is 26.5. The predicted octanol–water partition coefficient (Wildman–Crippen LogP) is 5.49. The maximum absolute atomic E-state index is 15.5. The van der Waals surface area contributed by atoms with E-state index in [1.807, 2.05) is 0 Å². The van der Waals surface area contributed by atoms with Crippen LogP contribution in [0.1, 0.15) is 147 Å². The minimum Gasteiger partial charge on any atom is -0.377 e. The number of amides is 12. The molecule has 0 radical (unpaired) electrons. The first-order chi connectivity index (χ1) is 50.1. The molecule has 107 heavy (non-hydrogen) atoms. The number of carbonyl (C=O) groups is 12. The summed E-state index contributed by atoms with van der Waals surface area (Å²) >= 11 is 0. The van der Waals surface area contributed by atoms with Gasteiger partial charge in [0.05, 0.1) is 31.2 Å². The largest absolute Gasteiger partial charge is 0.422 e. The van der Waals surface area contributed by atoms with Crippen LogP contribution in [0.4, 0.5) is 35.1 Å². The van der Waals surface area contributed by atoms with Crippen LogP contribution in [0.25, 0.3) is 0 Å². The lowest BCUT2D eigenvalue weighted by Gasteiger charge is -2.46. The van der Waals surface area contributed by atoms with E-state index in [2.05, 4.69) is 16.0 Å². The van der Waals surface area contributed by atoms with Gasteiger partial charge in [0.15, 0.2) is 0 Å². The lowest BCUT2D eigenvalue weighted by Crippen LogP contribution is -2.68. The number of allylic oxidation sites excluding steroid dienone is 1. The van der Waals surface area contributed by atoms with E-state index in [1.54, 1.807) is 40.7 Å². The van der Waals surface area contributed by atoms with Crippen LogP contribution < -0.4 is 16.0 Å². The number of halogens is 8. The van der Waals surface area contributed by atoms with E-state index >= 15 is 37.5 Å². The van der Waals surface area contributed by atoms with Crippen molar-refractivity contribution in [1.29, 1.82) is 0 Å². The van der Waals surface area contributed by atoms with Crippen molar-refractivity contribution in [3.05, 3.63) is 81.9 Å². The van der Waals surface area contributed by atoms with E-state index in [0.717, 1.165) is 65.6 Å². The summed E-state index contributed by atoms with van der Waals surface area (Å²) in [5.74, 6) is -15.2. The molecule has 33 heteroatoms. The fraction of sp³-hybridized carbons (Fsp3) is 0.649. The zero-order valence-electron chi connectivity index (χ0n) is 63.1. The van der Waals surface area contributed by atoms with Crippen LogP contribution in [0.15, 0.2) is 48.0 Å². The molecule has 2 bridgehead atoms. The van der Waals surface area contributed by atoms with Crippen LogP contribution >= 0.6 is 0 Å². The Morgan fingerprint density at radius 3 is 1.83 bits per heavy atom. The van der Waals surface area contributed by atoms with Crippen LogP contribution in [0.5, 0.6) is 0 Å². The van der Waals surface area contributed by atoms with Crippen molar-refractivity contribution < 1.29 is 97.4 Å². The predicted molar refractivity (Wildman–Crippen MR) is 374 cm³/mol. The molecule has 3 aliphatic heterocycles. The quantitative estimate of drug-likeness (QED) is 0.175. The van der Waals surface area contributed by atoms with E-state index < -0.39 is 222 Å². The molecule has 25 nitrogen and oxygen atoms in total. The minimum atomic E-state index is -5.46. The fourth-order valence-corrected chi connectivity index (χ4v) is 15.0. The second-order valence-electron chi connectivity index (χ2n) is 29.4. The molecule has 2 aromatic carbocycles. The van der Waals surface area contributed by atoms with Gasteiger partial charge in [-0.05, 0) is 125 Å². The summed E-state index contributed by atoms with van der Waals surface area (Å²) in [6.45, 7) is 6.10. The van der Waals surface area contributed by atoms with Gasteiger partial charge in [0.25, 0.3) is 0 Å². The number of hydrogen-bond donors (Lipinski definition) is 3. The zero-order chi connectivity index (χ0) is 79.6. The topological polar surface area (TPSA) is 279 Å². The Kier molecular flexibility index (Phi) is 28.7. The Bertz CT molecular complexity index is 3640. The number of likely N-dealkylation sites (N-methyl/N-ethyl adjacent to an activating group) is 7. The first kappa shape index (κ1) is 85.5. The molecule has 2 saturated carbocycles. The highest BCUT2D eigenvalue weighted by atomic mass is 19.4. The van der Waals surface area contributed by atoms with Gasteiger partial charge in [-0.15, -0.1) is 0 Å². The third kappa shape index (κ3) is 20.1. The summed E-state index contributed by atoms with van der Waals surface area (Å²) in [6, 6.07) is -7.28. The molecular formula is C74H102F8N12O13. The smallest absolute Gasteiger partial charge is 0.377 e. The molecular weight excluding hydrogens is 1420 g/mol. The summed E-state index contributed by atoms with van der Waals surface area (Å²) in [7, 11) is 10.6. The Labute approximate surface area is 618 Å². The van der Waals surface area contributed by atoms with Crippen molar-refractivity contribution >= 4 is 70.9 Å². The van der Waals surface area contributed by atoms with Gasteiger partial charge < -0.3 is 64.8 Å². The van der Waals surface area contributed by atoms with Gasteiger partial charge in [0, 0.05) is 88.9 Å². The molecule has 2 aromatic rings. The van der Waals surface area contributed by atoms with Crippen LogP contribution in [0, 0.1) is 23.5 Å². The molecule has 0 aromatic heterocycles. The van der Waals surface area contributed by atoms with Gasteiger partial charge in [-0.1, -0.05) is 63.8 Å². The number of fused-ring (bicyclic) bond motifs is 3. The van der Waals surface area contributed by atoms with Crippen LogP contribution in [0.3, 0.4) is 0 Å². The number of aryl methyl sites for hydroxylation is 1. The molecule has 7 rings (SSSR count). The van der Waals surface area contributed by atoms with Crippen LogP contribution in [-0.4, -0.2) is 264 Å². The maximum Gasteiger partial charge on any atom is 0.422 e. The second-order valence-corrected chi connectivity index (χ2v) is 29.4. The van der Waals surface area contributed by atoms with E-state index in [1.165, 1.54) is 59.1 Å². The number of benzene rings is 2. The molecule has 10 atom stereocenters. The second kappa shape index (κ2) is 36.0. The molecule has 4 fully saturated rings. The average molecular weight is 1520 g/mol. The highest BCUT2D eigenvalue weighted by Gasteiger charge is 2.54. The molecule has 592 valence electrons. The standard InChI is InChI=1S/C74H102F8N12O13/c1-14-43(5)61-69(104)88(9)41-59(97)90(11)53-24-19-21-42(4)38-93(68(53)103)56(35-44-25-28-47(29-26-44)73(77,78)79)67(102)87(8)40-57(95)83-51(30-27-45-33-49(75)60(50(76)34-45)74(80,81)82)65(100)94-39-48(107-16-3)36-54(94)64(99)85-72(31-20-32-72)71(106)92(13)62(46-22-17-18-23-46)70(105)91(12)55(66(101)86(6)7)37-58(96)89(10)52(15-2)63(98)84-61/h21,25-26,28-29,33-34,43,46,48,51-56,61-62H,14-20,22-24,27,30-32,35-41H2,1-13H3,(H,83,95)(H,84,98)(H,85,99)/b42-21-/t43-,48+,51-,52-,53-,54-,55-,56-,61-,62+/m0/s1. The van der Waals surface area contributed by atoms with Gasteiger partial charge in [0.2, 0.25) is 70.9 Å². The van der Waals surface area contributed by atoms with Gasteiger partial charge in [-0.2, -0.15) is 26.3 Å². The number of alkyl halides is 6. The first-order valence-corrected chi connectivity index (χ1v) is 36.4. The molecule has 5 aliphatic rings. The molecule has 1 spiro atoms. The number of carbonyl (C=O) groups excluding carboxylic acids is 12. The number of rotatable bonds is 12. The lowest BCUT2D eigenvalue weighted by atomic mass is 9.74. The van der Waals surface area contributed by atoms with Gasteiger partial charge >= 0.3 is 12.4 Å². The molecule has 3 N–H and O–H groups in total. The number of nitrogens with zero attached hydrogens (tertiary/aromatic N) is 9. The SMILES string of the molecule is CCO[C@@H]1C[C@H]2C(=O)NC3(CCC3)C(=O)N(C)[C@H](C3CCCC3)C(=O)N(C)[C@H](C(=O)N(C)C)CC(=O)N(C)[C@@H](CC)C(=O)N[C@@H]([C@@H](C)CC)C(=O)N(C)CC(=O)N(C)[C@H]3CC/C=C(/C)CN(C3=O)[C@@H](Cc3ccc(C(F)(F)F)cc3)C(=O)N(C)CC(=O)N[C@@H](CCc3cc(F)c(C(F)(F)F)c(F)c3)C(=O)N2C1. The minimum absolute atomic E-state index is 0.0158. The van der Waals surface area contributed by atoms with Gasteiger partial charge in [-0.25, -0.2) is 8.78 Å². The van der Waals surface area contributed by atoms with E-state index in [4.69, 9.17) is 4.74 Å². The van der Waals surface area contributed by atoms with Crippen molar-refractivity contribution in [3.63, 3.8) is 0 Å². The third-order valence-corrected chi connectivity index (χ3v) is 21.7. The van der Waals surface area contributed by atoms with Gasteiger partial charge in [0.1, 0.15) is 71.1 Å².